The molecule has 4 heteroatoms. The highest BCUT2D eigenvalue weighted by molar-refractivity contribution is 9.10. The standard InChI is InChI=1S/C15H15BrFNO/c1-10-7-11(3-5-14(10)17)9-18-12-4-6-15(19-2)13(16)8-12/h3-8,18H,9H2,1-2H3. The van der Waals surface area contributed by atoms with E-state index in [1.54, 1.807) is 20.1 Å². The van der Waals surface area contributed by atoms with Crippen molar-refractivity contribution in [1.82, 2.24) is 0 Å². The van der Waals surface area contributed by atoms with Crippen molar-refractivity contribution >= 4 is 21.6 Å². The van der Waals surface area contributed by atoms with Crippen LogP contribution >= 0.6 is 15.9 Å². The van der Waals surface area contributed by atoms with Gasteiger partial charge in [0.1, 0.15) is 11.6 Å². The first-order valence-electron chi connectivity index (χ1n) is 5.92. The fourth-order valence-corrected chi connectivity index (χ4v) is 2.34. The van der Waals surface area contributed by atoms with Gasteiger partial charge in [-0.1, -0.05) is 12.1 Å². The molecule has 2 aromatic carbocycles. The maximum absolute atomic E-state index is 13.2. The average molecular weight is 324 g/mol. The number of aryl methyl sites for hydroxylation is 1. The number of anilines is 1. The Morgan fingerprint density at radius 1 is 1.21 bits per heavy atom. The molecule has 0 saturated heterocycles. The highest BCUT2D eigenvalue weighted by Crippen LogP contribution is 2.27. The minimum absolute atomic E-state index is 0.170. The lowest BCUT2D eigenvalue weighted by Gasteiger charge is -2.10. The minimum Gasteiger partial charge on any atom is -0.496 e. The molecule has 0 aliphatic carbocycles. The van der Waals surface area contributed by atoms with Crippen LogP contribution in [0.5, 0.6) is 5.75 Å². The van der Waals surface area contributed by atoms with Crippen LogP contribution in [0.15, 0.2) is 40.9 Å². The van der Waals surface area contributed by atoms with Gasteiger partial charge in [-0.15, -0.1) is 0 Å². The predicted octanol–water partition coefficient (Wildman–Crippen LogP) is 4.52. The van der Waals surface area contributed by atoms with E-state index in [1.807, 2.05) is 24.3 Å². The molecule has 0 radical (unpaired) electrons. The highest BCUT2D eigenvalue weighted by atomic mass is 79.9. The summed E-state index contributed by atoms with van der Waals surface area (Å²) in [5.41, 5.74) is 2.69. The molecule has 0 heterocycles. The highest BCUT2D eigenvalue weighted by Gasteiger charge is 2.02. The van der Waals surface area contributed by atoms with Gasteiger partial charge in [-0.2, -0.15) is 0 Å². The molecule has 2 nitrogen and oxygen atoms in total. The van der Waals surface area contributed by atoms with Crippen LogP contribution in [0.2, 0.25) is 0 Å². The van der Waals surface area contributed by atoms with Gasteiger partial charge in [0.15, 0.2) is 0 Å². The molecule has 1 N–H and O–H groups in total. The van der Waals surface area contributed by atoms with E-state index in [9.17, 15) is 4.39 Å². The average Bonchev–Trinajstić information content (AvgIpc) is 2.40. The zero-order valence-corrected chi connectivity index (χ0v) is 12.4. The summed E-state index contributed by atoms with van der Waals surface area (Å²) in [7, 11) is 1.63. The molecule has 0 atom stereocenters. The lowest BCUT2D eigenvalue weighted by molar-refractivity contribution is 0.412. The molecular formula is C15H15BrFNO. The van der Waals surface area contributed by atoms with Crippen LogP contribution in [0.3, 0.4) is 0 Å². The molecule has 0 aromatic heterocycles. The van der Waals surface area contributed by atoms with Gasteiger partial charge in [0, 0.05) is 12.2 Å². The van der Waals surface area contributed by atoms with Crippen LogP contribution < -0.4 is 10.1 Å². The van der Waals surface area contributed by atoms with Crippen LogP contribution in [-0.4, -0.2) is 7.11 Å². The summed E-state index contributed by atoms with van der Waals surface area (Å²) >= 11 is 3.44. The Morgan fingerprint density at radius 3 is 2.63 bits per heavy atom. The van der Waals surface area contributed by atoms with E-state index in [-0.39, 0.29) is 5.82 Å². The van der Waals surface area contributed by atoms with Crippen molar-refractivity contribution in [2.24, 2.45) is 0 Å². The maximum Gasteiger partial charge on any atom is 0.133 e. The van der Waals surface area contributed by atoms with Gasteiger partial charge in [-0.25, -0.2) is 4.39 Å². The summed E-state index contributed by atoms with van der Waals surface area (Å²) in [6, 6.07) is 10.9. The number of ether oxygens (including phenoxy) is 1. The Hall–Kier alpha value is -1.55. The van der Waals surface area contributed by atoms with Gasteiger partial charge in [0.2, 0.25) is 0 Å². The molecule has 19 heavy (non-hydrogen) atoms. The third kappa shape index (κ3) is 3.47. The third-order valence-corrected chi connectivity index (χ3v) is 3.49. The van der Waals surface area contributed by atoms with Gasteiger partial charge in [-0.3, -0.25) is 0 Å². The first-order valence-corrected chi connectivity index (χ1v) is 6.72. The smallest absolute Gasteiger partial charge is 0.133 e. The lowest BCUT2D eigenvalue weighted by Crippen LogP contribution is -2.00. The number of methoxy groups -OCH3 is 1. The summed E-state index contributed by atoms with van der Waals surface area (Å²) < 4.78 is 19.2. The van der Waals surface area contributed by atoms with E-state index in [1.165, 1.54) is 6.07 Å². The Balaban J connectivity index is 2.05. The molecule has 100 valence electrons. The summed E-state index contributed by atoms with van der Waals surface area (Å²) in [5, 5.41) is 3.29. The van der Waals surface area contributed by atoms with Crippen molar-refractivity contribution in [1.29, 1.82) is 0 Å². The second-order valence-electron chi connectivity index (χ2n) is 4.29. The van der Waals surface area contributed by atoms with Crippen LogP contribution in [0.4, 0.5) is 10.1 Å². The van der Waals surface area contributed by atoms with E-state index in [0.717, 1.165) is 21.5 Å². The molecule has 0 unspecified atom stereocenters. The largest absolute Gasteiger partial charge is 0.496 e. The van der Waals surface area contributed by atoms with Gasteiger partial charge in [0.25, 0.3) is 0 Å². The zero-order chi connectivity index (χ0) is 13.8. The number of rotatable bonds is 4. The molecule has 0 amide bonds. The monoisotopic (exact) mass is 323 g/mol. The number of halogens is 2. The molecule has 0 aliphatic rings. The molecule has 0 spiro atoms. The van der Waals surface area contributed by atoms with Crippen molar-refractivity contribution in [2.45, 2.75) is 13.5 Å². The predicted molar refractivity (Wildman–Crippen MR) is 79.2 cm³/mol. The normalized spacial score (nSPS) is 10.3. The van der Waals surface area contributed by atoms with E-state index in [4.69, 9.17) is 4.74 Å². The van der Waals surface area contributed by atoms with Gasteiger partial charge >= 0.3 is 0 Å². The van der Waals surface area contributed by atoms with E-state index < -0.39 is 0 Å². The quantitative estimate of drug-likeness (QED) is 0.893. The summed E-state index contributed by atoms with van der Waals surface area (Å²) in [6.07, 6.45) is 0. The Bertz CT molecular complexity index is 586. The Kier molecular flexibility index (Phi) is 4.43. The van der Waals surface area contributed by atoms with Gasteiger partial charge in [0.05, 0.1) is 11.6 Å². The second-order valence-corrected chi connectivity index (χ2v) is 5.14. The van der Waals surface area contributed by atoms with Crippen molar-refractivity contribution in [3.05, 3.63) is 57.8 Å². The third-order valence-electron chi connectivity index (χ3n) is 2.87. The molecule has 0 aliphatic heterocycles. The Labute approximate surface area is 120 Å². The summed E-state index contributed by atoms with van der Waals surface area (Å²) in [5.74, 6) is 0.624. The SMILES string of the molecule is COc1ccc(NCc2ccc(F)c(C)c2)cc1Br. The van der Waals surface area contributed by atoms with Gasteiger partial charge < -0.3 is 10.1 Å². The molecule has 0 saturated carbocycles. The summed E-state index contributed by atoms with van der Waals surface area (Å²) in [4.78, 5) is 0. The minimum atomic E-state index is -0.170. The molecule has 2 rings (SSSR count). The zero-order valence-electron chi connectivity index (χ0n) is 10.8. The number of hydrogen-bond acceptors (Lipinski definition) is 2. The number of nitrogens with one attached hydrogen (secondary N) is 1. The van der Waals surface area contributed by atoms with Crippen molar-refractivity contribution < 1.29 is 9.13 Å². The van der Waals surface area contributed by atoms with Crippen LogP contribution in [0.25, 0.3) is 0 Å². The molecule has 0 fully saturated rings. The van der Waals surface area contributed by atoms with Gasteiger partial charge in [-0.05, 0) is 58.2 Å². The molecule has 2 aromatic rings. The number of benzene rings is 2. The van der Waals surface area contributed by atoms with Crippen molar-refractivity contribution in [3.8, 4) is 5.75 Å². The van der Waals surface area contributed by atoms with E-state index >= 15 is 0 Å². The van der Waals surface area contributed by atoms with E-state index in [2.05, 4.69) is 21.2 Å². The maximum atomic E-state index is 13.2. The fourth-order valence-electron chi connectivity index (χ4n) is 1.80. The molecule has 0 bridgehead atoms. The lowest BCUT2D eigenvalue weighted by atomic mass is 10.1. The van der Waals surface area contributed by atoms with Crippen molar-refractivity contribution in [3.63, 3.8) is 0 Å². The van der Waals surface area contributed by atoms with Crippen LogP contribution in [0.1, 0.15) is 11.1 Å². The Morgan fingerprint density at radius 2 is 2.00 bits per heavy atom. The fraction of sp³-hybridized carbons (Fsp3) is 0.200. The second kappa shape index (κ2) is 6.06. The van der Waals surface area contributed by atoms with Crippen molar-refractivity contribution in [2.75, 3.05) is 12.4 Å². The van der Waals surface area contributed by atoms with E-state index in [0.29, 0.717) is 12.1 Å². The topological polar surface area (TPSA) is 21.3 Å². The molecular weight excluding hydrogens is 309 g/mol. The van der Waals surface area contributed by atoms with Crippen LogP contribution in [-0.2, 0) is 6.54 Å². The van der Waals surface area contributed by atoms with Crippen LogP contribution in [0, 0.1) is 12.7 Å². The first kappa shape index (κ1) is 13.9. The first-order chi connectivity index (χ1) is 9.10. The summed E-state index contributed by atoms with van der Waals surface area (Å²) in [6.45, 7) is 2.42. The number of hydrogen-bond donors (Lipinski definition) is 1.